The number of benzene rings is 2. The molecule has 3 rings (SSSR count). The highest BCUT2D eigenvalue weighted by Gasteiger charge is 2.25. The number of anilines is 1. The molecule has 24 heavy (non-hydrogen) atoms. The van der Waals surface area contributed by atoms with Crippen molar-refractivity contribution in [3.63, 3.8) is 0 Å². The molecule has 122 valence electrons. The summed E-state index contributed by atoms with van der Waals surface area (Å²) in [5, 5.41) is 15.3. The van der Waals surface area contributed by atoms with Gasteiger partial charge >= 0.3 is 0 Å². The van der Waals surface area contributed by atoms with E-state index < -0.39 is 0 Å². The van der Waals surface area contributed by atoms with Gasteiger partial charge in [0, 0.05) is 24.7 Å². The summed E-state index contributed by atoms with van der Waals surface area (Å²) in [4.78, 5) is 12.0. The fraction of sp³-hybridized carbons (Fsp3) is 0.300. The molecule has 0 atom stereocenters. The van der Waals surface area contributed by atoms with E-state index in [2.05, 4.69) is 16.7 Å². The molecule has 4 heteroatoms. The smallest absolute Gasteiger partial charge is 0.227 e. The number of nitrogens with zero attached hydrogens (tertiary/aromatic N) is 1. The van der Waals surface area contributed by atoms with E-state index in [9.17, 15) is 4.79 Å². The molecule has 1 saturated carbocycles. The number of hydrogen-bond acceptors (Lipinski definition) is 3. The van der Waals surface area contributed by atoms with E-state index in [0.29, 0.717) is 18.7 Å². The topological polar surface area (TPSA) is 64.9 Å². The first-order valence-electron chi connectivity index (χ1n) is 8.34. The Kier molecular flexibility index (Phi) is 5.25. The van der Waals surface area contributed by atoms with Crippen molar-refractivity contribution < 1.29 is 4.79 Å². The van der Waals surface area contributed by atoms with Gasteiger partial charge in [-0.3, -0.25) is 4.79 Å². The molecule has 2 aromatic rings. The average Bonchev–Trinajstić information content (AvgIpc) is 2.54. The molecular weight excluding hydrogens is 298 g/mol. The average molecular weight is 319 g/mol. The third-order valence-corrected chi connectivity index (χ3v) is 4.38. The first-order valence-corrected chi connectivity index (χ1v) is 8.34. The molecule has 0 spiro atoms. The van der Waals surface area contributed by atoms with Gasteiger partial charge in [0.15, 0.2) is 0 Å². The first-order chi connectivity index (χ1) is 11.7. The van der Waals surface area contributed by atoms with Crippen molar-refractivity contribution >= 4 is 11.6 Å². The predicted molar refractivity (Wildman–Crippen MR) is 94.1 cm³/mol. The van der Waals surface area contributed by atoms with Gasteiger partial charge in [-0.2, -0.15) is 5.26 Å². The van der Waals surface area contributed by atoms with Gasteiger partial charge in [0.05, 0.1) is 11.6 Å². The van der Waals surface area contributed by atoms with Crippen LogP contribution in [0.1, 0.15) is 36.0 Å². The zero-order valence-corrected chi connectivity index (χ0v) is 13.6. The number of amides is 1. The second-order valence-electron chi connectivity index (χ2n) is 6.23. The molecule has 2 N–H and O–H groups in total. The van der Waals surface area contributed by atoms with Gasteiger partial charge in [0.25, 0.3) is 0 Å². The van der Waals surface area contributed by atoms with E-state index >= 15 is 0 Å². The van der Waals surface area contributed by atoms with Gasteiger partial charge in [0.2, 0.25) is 5.91 Å². The minimum Gasteiger partial charge on any atom is -0.326 e. The first kappa shape index (κ1) is 16.2. The summed E-state index contributed by atoms with van der Waals surface area (Å²) in [6.07, 6.45) is 3.18. The number of carbonyl (C=O) groups excluding carboxylic acids is 1. The SMILES string of the molecule is N#Cc1cccc(CNCc2cccc(NC(=O)C3CCC3)c2)c1. The molecule has 0 aromatic heterocycles. The third-order valence-electron chi connectivity index (χ3n) is 4.38. The van der Waals surface area contributed by atoms with Crippen LogP contribution in [0.5, 0.6) is 0 Å². The molecule has 4 nitrogen and oxygen atoms in total. The van der Waals surface area contributed by atoms with Crippen molar-refractivity contribution in [2.45, 2.75) is 32.4 Å². The van der Waals surface area contributed by atoms with Crippen LogP contribution < -0.4 is 10.6 Å². The summed E-state index contributed by atoms with van der Waals surface area (Å²) in [5.74, 6) is 0.332. The van der Waals surface area contributed by atoms with Crippen LogP contribution in [0.15, 0.2) is 48.5 Å². The maximum atomic E-state index is 12.0. The van der Waals surface area contributed by atoms with Crippen LogP contribution in [0, 0.1) is 17.2 Å². The van der Waals surface area contributed by atoms with E-state index in [1.165, 1.54) is 0 Å². The number of nitriles is 1. The van der Waals surface area contributed by atoms with E-state index in [4.69, 9.17) is 5.26 Å². The standard InChI is InChI=1S/C20H21N3O/c21-12-15-4-1-5-16(10-15)13-22-14-17-6-2-9-19(11-17)23-20(24)18-7-3-8-18/h1-2,4-6,9-11,18,22H,3,7-8,13-14H2,(H,23,24). The van der Waals surface area contributed by atoms with Crippen molar-refractivity contribution in [1.29, 1.82) is 5.26 Å². The third kappa shape index (κ3) is 4.21. The molecule has 0 saturated heterocycles. The molecular formula is C20H21N3O. The Morgan fingerprint density at radius 1 is 1.08 bits per heavy atom. The Morgan fingerprint density at radius 2 is 1.79 bits per heavy atom. The van der Waals surface area contributed by atoms with Gasteiger partial charge in [-0.15, -0.1) is 0 Å². The van der Waals surface area contributed by atoms with Gasteiger partial charge < -0.3 is 10.6 Å². The zero-order valence-electron chi connectivity index (χ0n) is 13.6. The van der Waals surface area contributed by atoms with Crippen molar-refractivity contribution in [3.05, 3.63) is 65.2 Å². The lowest BCUT2D eigenvalue weighted by Gasteiger charge is -2.24. The highest BCUT2D eigenvalue weighted by Crippen LogP contribution is 2.27. The molecule has 1 aliphatic rings. The predicted octanol–water partition coefficient (Wildman–Crippen LogP) is 3.59. The zero-order chi connectivity index (χ0) is 16.8. The summed E-state index contributed by atoms with van der Waals surface area (Å²) in [6, 6.07) is 17.7. The number of hydrogen-bond donors (Lipinski definition) is 2. The van der Waals surface area contributed by atoms with Gasteiger partial charge in [0.1, 0.15) is 0 Å². The summed E-state index contributed by atoms with van der Waals surface area (Å²) in [5.41, 5.74) is 3.74. The van der Waals surface area contributed by atoms with E-state index in [1.54, 1.807) is 6.07 Å². The van der Waals surface area contributed by atoms with E-state index in [-0.39, 0.29) is 11.8 Å². The van der Waals surface area contributed by atoms with E-state index in [0.717, 1.165) is 36.1 Å². The fourth-order valence-corrected chi connectivity index (χ4v) is 2.78. The summed E-state index contributed by atoms with van der Waals surface area (Å²) < 4.78 is 0. The molecule has 2 aromatic carbocycles. The minimum atomic E-state index is 0.139. The fourth-order valence-electron chi connectivity index (χ4n) is 2.78. The Labute approximate surface area is 142 Å². The van der Waals surface area contributed by atoms with Crippen LogP contribution in [0.4, 0.5) is 5.69 Å². The van der Waals surface area contributed by atoms with E-state index in [1.807, 2.05) is 42.5 Å². The second-order valence-corrected chi connectivity index (χ2v) is 6.23. The van der Waals surface area contributed by atoms with Crippen LogP contribution in [0.3, 0.4) is 0 Å². The molecule has 1 amide bonds. The highest BCUT2D eigenvalue weighted by atomic mass is 16.1. The maximum absolute atomic E-state index is 12.0. The number of carbonyl (C=O) groups is 1. The monoisotopic (exact) mass is 319 g/mol. The van der Waals surface area contributed by atoms with Crippen LogP contribution in [-0.4, -0.2) is 5.91 Å². The van der Waals surface area contributed by atoms with Crippen LogP contribution in [-0.2, 0) is 17.9 Å². The summed E-state index contributed by atoms with van der Waals surface area (Å²) in [6.45, 7) is 1.41. The largest absolute Gasteiger partial charge is 0.326 e. The van der Waals surface area contributed by atoms with Crippen molar-refractivity contribution in [2.75, 3.05) is 5.32 Å². The second kappa shape index (κ2) is 7.76. The van der Waals surface area contributed by atoms with Crippen LogP contribution in [0.2, 0.25) is 0 Å². The molecule has 1 fully saturated rings. The molecule has 0 heterocycles. The quantitative estimate of drug-likeness (QED) is 0.855. The lowest BCUT2D eigenvalue weighted by Crippen LogP contribution is -2.28. The molecule has 0 aliphatic heterocycles. The van der Waals surface area contributed by atoms with Gasteiger partial charge in [-0.25, -0.2) is 0 Å². The van der Waals surface area contributed by atoms with Crippen molar-refractivity contribution in [3.8, 4) is 6.07 Å². The normalized spacial score (nSPS) is 13.8. The molecule has 0 radical (unpaired) electrons. The maximum Gasteiger partial charge on any atom is 0.227 e. The Bertz CT molecular complexity index is 759. The Balaban J connectivity index is 1.52. The van der Waals surface area contributed by atoms with Gasteiger partial charge in [-0.05, 0) is 48.2 Å². The van der Waals surface area contributed by atoms with Crippen LogP contribution >= 0.6 is 0 Å². The van der Waals surface area contributed by atoms with Crippen molar-refractivity contribution in [1.82, 2.24) is 5.32 Å². The number of nitrogens with one attached hydrogen (secondary N) is 2. The lowest BCUT2D eigenvalue weighted by molar-refractivity contribution is -0.122. The summed E-state index contributed by atoms with van der Waals surface area (Å²) >= 11 is 0. The molecule has 0 bridgehead atoms. The van der Waals surface area contributed by atoms with Crippen molar-refractivity contribution in [2.24, 2.45) is 5.92 Å². The molecule has 1 aliphatic carbocycles. The Morgan fingerprint density at radius 3 is 2.46 bits per heavy atom. The minimum absolute atomic E-state index is 0.139. The summed E-state index contributed by atoms with van der Waals surface area (Å²) in [7, 11) is 0. The lowest BCUT2D eigenvalue weighted by atomic mass is 9.85. The highest BCUT2D eigenvalue weighted by molar-refractivity contribution is 5.93. The molecule has 0 unspecified atom stereocenters. The van der Waals surface area contributed by atoms with Crippen LogP contribution in [0.25, 0.3) is 0 Å². The van der Waals surface area contributed by atoms with Gasteiger partial charge in [-0.1, -0.05) is 30.7 Å². The Hall–Kier alpha value is -2.64. The number of rotatable bonds is 6.